The SMILES string of the molecule is O=C(O)Cc1c(Cc2ccco2)nc2c(Cc3cc(F)cc(F)c3F)nc(-c3ccccc3)cn12. The molecule has 6 nitrogen and oxygen atoms in total. The number of rotatable bonds is 7. The van der Waals surface area contributed by atoms with Gasteiger partial charge in [-0.2, -0.15) is 0 Å². The van der Waals surface area contributed by atoms with Crippen LogP contribution in [0, 0.1) is 17.5 Å². The number of benzene rings is 2. The van der Waals surface area contributed by atoms with Crippen molar-refractivity contribution in [3.63, 3.8) is 0 Å². The van der Waals surface area contributed by atoms with Crippen molar-refractivity contribution >= 4 is 11.6 Å². The summed E-state index contributed by atoms with van der Waals surface area (Å²) in [5.41, 5.74) is 2.33. The first-order valence-corrected chi connectivity index (χ1v) is 10.7. The number of aromatic nitrogens is 3. The highest BCUT2D eigenvalue weighted by Gasteiger charge is 2.22. The second-order valence-corrected chi connectivity index (χ2v) is 8.00. The number of fused-ring (bicyclic) bond motifs is 1. The second-order valence-electron chi connectivity index (χ2n) is 8.00. The molecule has 35 heavy (non-hydrogen) atoms. The summed E-state index contributed by atoms with van der Waals surface area (Å²) in [6.45, 7) is 0. The maximum Gasteiger partial charge on any atom is 0.309 e. The first kappa shape index (κ1) is 22.4. The summed E-state index contributed by atoms with van der Waals surface area (Å²) in [4.78, 5) is 20.9. The van der Waals surface area contributed by atoms with Crippen LogP contribution in [0.1, 0.15) is 28.4 Å². The maximum absolute atomic E-state index is 14.5. The highest BCUT2D eigenvalue weighted by molar-refractivity contribution is 5.71. The minimum Gasteiger partial charge on any atom is -0.481 e. The molecule has 0 spiro atoms. The van der Waals surface area contributed by atoms with Crippen LogP contribution in [0.4, 0.5) is 13.2 Å². The molecule has 9 heteroatoms. The lowest BCUT2D eigenvalue weighted by atomic mass is 10.1. The zero-order chi connectivity index (χ0) is 24.5. The van der Waals surface area contributed by atoms with Gasteiger partial charge < -0.3 is 9.52 Å². The van der Waals surface area contributed by atoms with E-state index in [9.17, 15) is 23.1 Å². The van der Waals surface area contributed by atoms with Crippen LogP contribution in [0.15, 0.2) is 71.5 Å². The van der Waals surface area contributed by atoms with Gasteiger partial charge in [-0.05, 0) is 23.8 Å². The Hall–Kier alpha value is -4.40. The van der Waals surface area contributed by atoms with Gasteiger partial charge in [-0.25, -0.2) is 23.1 Å². The van der Waals surface area contributed by atoms with Gasteiger partial charge in [-0.1, -0.05) is 30.3 Å². The average Bonchev–Trinajstić information content (AvgIpc) is 3.46. The largest absolute Gasteiger partial charge is 0.481 e. The fourth-order valence-corrected chi connectivity index (χ4v) is 4.04. The van der Waals surface area contributed by atoms with E-state index in [1.807, 2.05) is 30.3 Å². The lowest BCUT2D eigenvalue weighted by Gasteiger charge is -2.10. The molecule has 0 aliphatic heterocycles. The van der Waals surface area contributed by atoms with Crippen molar-refractivity contribution in [2.45, 2.75) is 19.3 Å². The Morgan fingerprint density at radius 3 is 2.49 bits per heavy atom. The molecule has 0 fully saturated rings. The third kappa shape index (κ3) is 4.52. The summed E-state index contributed by atoms with van der Waals surface area (Å²) >= 11 is 0. The van der Waals surface area contributed by atoms with Crippen molar-refractivity contribution < 1.29 is 27.5 Å². The van der Waals surface area contributed by atoms with E-state index in [-0.39, 0.29) is 36.2 Å². The number of halogens is 3. The van der Waals surface area contributed by atoms with Crippen LogP contribution in [0.25, 0.3) is 16.9 Å². The normalized spacial score (nSPS) is 11.3. The second kappa shape index (κ2) is 9.09. The lowest BCUT2D eigenvalue weighted by Crippen LogP contribution is -2.08. The Balaban J connectivity index is 1.74. The van der Waals surface area contributed by atoms with Crippen LogP contribution >= 0.6 is 0 Å². The van der Waals surface area contributed by atoms with Gasteiger partial charge in [0, 0.05) is 24.2 Å². The zero-order valence-electron chi connectivity index (χ0n) is 18.2. The first-order valence-electron chi connectivity index (χ1n) is 10.7. The molecule has 5 rings (SSSR count). The predicted octanol–water partition coefficient (Wildman–Crippen LogP) is 5.22. The summed E-state index contributed by atoms with van der Waals surface area (Å²) in [6.07, 6.45) is 2.80. The zero-order valence-corrected chi connectivity index (χ0v) is 18.2. The standard InChI is InChI=1S/C26H18F3N3O3/c27-17-9-16(25(29)19(28)11-17)10-21-26-31-20(12-18-7-4-8-35-18)23(13-24(33)34)32(26)14-22(30-21)15-5-2-1-3-6-15/h1-9,11,14H,10,12-13H2,(H,33,34). The quantitative estimate of drug-likeness (QED) is 0.325. The molecule has 0 unspecified atom stereocenters. The number of imidazole rings is 1. The van der Waals surface area contributed by atoms with Crippen LogP contribution in [0.2, 0.25) is 0 Å². The average molecular weight is 477 g/mol. The minimum atomic E-state index is -1.30. The summed E-state index contributed by atoms with van der Waals surface area (Å²) in [7, 11) is 0. The van der Waals surface area contributed by atoms with Crippen molar-refractivity contribution in [3.05, 3.63) is 113 Å². The predicted molar refractivity (Wildman–Crippen MR) is 120 cm³/mol. The van der Waals surface area contributed by atoms with Gasteiger partial charge in [0.05, 0.1) is 41.9 Å². The fourth-order valence-electron chi connectivity index (χ4n) is 4.04. The number of carboxylic acid groups (broad SMARTS) is 1. The maximum atomic E-state index is 14.5. The third-order valence-electron chi connectivity index (χ3n) is 5.59. The molecule has 0 bridgehead atoms. The molecule has 0 aliphatic rings. The van der Waals surface area contributed by atoms with Crippen molar-refractivity contribution in [1.82, 2.24) is 14.4 Å². The highest BCUT2D eigenvalue weighted by Crippen LogP contribution is 2.27. The van der Waals surface area contributed by atoms with E-state index >= 15 is 0 Å². The number of hydrogen-bond acceptors (Lipinski definition) is 4. The molecule has 0 radical (unpaired) electrons. The van der Waals surface area contributed by atoms with Crippen LogP contribution in [0.3, 0.4) is 0 Å². The Bertz CT molecular complexity index is 1530. The monoisotopic (exact) mass is 477 g/mol. The number of nitrogens with zero attached hydrogens (tertiary/aromatic N) is 3. The molecule has 0 amide bonds. The minimum absolute atomic E-state index is 0.223. The van der Waals surface area contributed by atoms with E-state index in [1.54, 1.807) is 22.7 Å². The Morgan fingerprint density at radius 1 is 0.971 bits per heavy atom. The van der Waals surface area contributed by atoms with E-state index in [0.29, 0.717) is 28.9 Å². The summed E-state index contributed by atoms with van der Waals surface area (Å²) in [5.74, 6) is -3.88. The van der Waals surface area contributed by atoms with E-state index in [4.69, 9.17) is 4.42 Å². The van der Waals surface area contributed by atoms with Gasteiger partial charge in [0.2, 0.25) is 0 Å². The van der Waals surface area contributed by atoms with Crippen LogP contribution in [-0.2, 0) is 24.1 Å². The molecule has 0 saturated heterocycles. The van der Waals surface area contributed by atoms with E-state index in [1.165, 1.54) is 6.26 Å². The van der Waals surface area contributed by atoms with Crippen LogP contribution < -0.4 is 0 Å². The Morgan fingerprint density at radius 2 is 1.77 bits per heavy atom. The molecule has 3 aromatic heterocycles. The number of carboxylic acids is 1. The number of carbonyl (C=O) groups is 1. The highest BCUT2D eigenvalue weighted by atomic mass is 19.2. The van der Waals surface area contributed by atoms with E-state index in [0.717, 1.165) is 11.6 Å². The van der Waals surface area contributed by atoms with Crippen molar-refractivity contribution in [2.75, 3.05) is 0 Å². The molecule has 5 aromatic rings. The van der Waals surface area contributed by atoms with Crippen molar-refractivity contribution in [3.8, 4) is 11.3 Å². The van der Waals surface area contributed by atoms with Gasteiger partial charge in [-0.3, -0.25) is 9.20 Å². The Labute approximate surface area is 197 Å². The molecular weight excluding hydrogens is 459 g/mol. The Kier molecular flexibility index (Phi) is 5.82. The molecule has 0 saturated carbocycles. The summed E-state index contributed by atoms with van der Waals surface area (Å²) in [5, 5.41) is 9.57. The van der Waals surface area contributed by atoms with Crippen molar-refractivity contribution in [1.29, 1.82) is 0 Å². The molecular formula is C26H18F3N3O3. The fraction of sp³-hybridized carbons (Fsp3) is 0.115. The lowest BCUT2D eigenvalue weighted by molar-refractivity contribution is -0.136. The molecule has 3 heterocycles. The number of aliphatic carboxylic acids is 1. The first-order chi connectivity index (χ1) is 16.9. The van der Waals surface area contributed by atoms with E-state index < -0.39 is 23.4 Å². The topological polar surface area (TPSA) is 80.6 Å². The summed E-state index contributed by atoms with van der Waals surface area (Å²) < 4.78 is 49.3. The number of hydrogen-bond donors (Lipinski definition) is 1. The van der Waals surface area contributed by atoms with Gasteiger partial charge in [0.1, 0.15) is 11.6 Å². The van der Waals surface area contributed by atoms with Gasteiger partial charge in [0.25, 0.3) is 0 Å². The van der Waals surface area contributed by atoms with Crippen LogP contribution in [0.5, 0.6) is 0 Å². The van der Waals surface area contributed by atoms with Crippen molar-refractivity contribution in [2.24, 2.45) is 0 Å². The number of furan rings is 1. The van der Waals surface area contributed by atoms with Gasteiger partial charge in [0.15, 0.2) is 17.3 Å². The van der Waals surface area contributed by atoms with Crippen LogP contribution in [-0.4, -0.2) is 25.4 Å². The summed E-state index contributed by atoms with van der Waals surface area (Å²) in [6, 6.07) is 13.9. The van der Waals surface area contributed by atoms with Gasteiger partial charge >= 0.3 is 5.97 Å². The molecule has 2 aromatic carbocycles. The molecule has 0 aliphatic carbocycles. The molecule has 0 atom stereocenters. The molecule has 176 valence electrons. The third-order valence-corrected chi connectivity index (χ3v) is 5.59. The smallest absolute Gasteiger partial charge is 0.309 e. The van der Waals surface area contributed by atoms with E-state index in [2.05, 4.69) is 9.97 Å². The van der Waals surface area contributed by atoms with Gasteiger partial charge in [-0.15, -0.1) is 0 Å². The molecule has 1 N–H and O–H groups in total.